The Labute approximate surface area is 126 Å². The van der Waals surface area contributed by atoms with Gasteiger partial charge in [-0.1, -0.05) is 0 Å². The van der Waals surface area contributed by atoms with Crippen LogP contribution in [0.15, 0.2) is 28.8 Å². The van der Waals surface area contributed by atoms with Gasteiger partial charge < -0.3 is 20.0 Å². The van der Waals surface area contributed by atoms with Crippen molar-refractivity contribution >= 4 is 23.3 Å². The SMILES string of the molecule is CNCc1ccc(CSCCNc2[nH]ccc2[N+](=O)[O-])o1. The fourth-order valence-electron chi connectivity index (χ4n) is 1.85. The highest BCUT2D eigenvalue weighted by atomic mass is 32.2. The van der Waals surface area contributed by atoms with E-state index in [-0.39, 0.29) is 5.69 Å². The Morgan fingerprint density at radius 1 is 1.38 bits per heavy atom. The van der Waals surface area contributed by atoms with Crippen LogP contribution in [0.4, 0.5) is 11.5 Å². The van der Waals surface area contributed by atoms with E-state index in [0.717, 1.165) is 29.6 Å². The molecule has 0 aliphatic heterocycles. The quantitative estimate of drug-likeness (QED) is 0.374. The minimum atomic E-state index is -0.405. The molecule has 0 saturated carbocycles. The first kappa shape index (κ1) is 15.5. The third-order valence-electron chi connectivity index (χ3n) is 2.78. The smallest absolute Gasteiger partial charge is 0.310 e. The summed E-state index contributed by atoms with van der Waals surface area (Å²) in [4.78, 5) is 13.2. The zero-order chi connectivity index (χ0) is 15.1. The Morgan fingerprint density at radius 3 is 2.95 bits per heavy atom. The summed E-state index contributed by atoms with van der Waals surface area (Å²) in [6.07, 6.45) is 1.56. The fourth-order valence-corrected chi connectivity index (χ4v) is 2.59. The lowest BCUT2D eigenvalue weighted by molar-refractivity contribution is -0.383. The summed E-state index contributed by atoms with van der Waals surface area (Å²) in [7, 11) is 1.88. The Hall–Kier alpha value is -1.93. The number of nitro groups is 1. The number of anilines is 1. The largest absolute Gasteiger partial charge is 0.464 e. The predicted molar refractivity (Wildman–Crippen MR) is 83.6 cm³/mol. The molecule has 0 spiro atoms. The number of furan rings is 1. The Bertz CT molecular complexity index is 581. The van der Waals surface area contributed by atoms with Crippen LogP contribution in [0.2, 0.25) is 0 Å². The van der Waals surface area contributed by atoms with Gasteiger partial charge >= 0.3 is 5.69 Å². The molecule has 8 heteroatoms. The molecule has 0 aromatic carbocycles. The zero-order valence-corrected chi connectivity index (χ0v) is 12.5. The van der Waals surface area contributed by atoms with Crippen molar-refractivity contribution in [1.29, 1.82) is 0 Å². The molecule has 0 saturated heterocycles. The van der Waals surface area contributed by atoms with E-state index in [2.05, 4.69) is 15.6 Å². The first-order valence-electron chi connectivity index (χ1n) is 6.56. The second kappa shape index (κ2) is 7.75. The molecule has 2 aromatic rings. The zero-order valence-electron chi connectivity index (χ0n) is 11.7. The Balaban J connectivity index is 1.67. The average molecular weight is 310 g/mol. The molecule has 0 radical (unpaired) electrons. The van der Waals surface area contributed by atoms with Crippen LogP contribution < -0.4 is 10.6 Å². The minimum Gasteiger partial charge on any atom is -0.464 e. The van der Waals surface area contributed by atoms with Gasteiger partial charge in [-0.05, 0) is 19.2 Å². The molecule has 0 bridgehead atoms. The normalized spacial score (nSPS) is 10.7. The minimum absolute atomic E-state index is 0.0720. The standard InChI is InChI=1S/C13H18N4O3S/c1-14-8-10-2-3-11(20-10)9-21-7-6-16-13-12(17(18)19)4-5-15-13/h2-5,14-16H,6-9H2,1H3. The molecule has 21 heavy (non-hydrogen) atoms. The monoisotopic (exact) mass is 310 g/mol. The topological polar surface area (TPSA) is 96.1 Å². The first-order valence-corrected chi connectivity index (χ1v) is 7.71. The first-order chi connectivity index (χ1) is 10.2. The van der Waals surface area contributed by atoms with E-state index in [9.17, 15) is 10.1 Å². The number of rotatable bonds is 9. The second-order valence-electron chi connectivity index (χ2n) is 4.37. The number of hydrogen-bond acceptors (Lipinski definition) is 6. The number of nitrogens with one attached hydrogen (secondary N) is 3. The Kier molecular flexibility index (Phi) is 5.70. The molecule has 7 nitrogen and oxygen atoms in total. The van der Waals surface area contributed by atoms with E-state index in [0.29, 0.717) is 12.4 Å². The summed E-state index contributed by atoms with van der Waals surface area (Å²) in [6, 6.07) is 5.39. The third-order valence-corrected chi connectivity index (χ3v) is 3.76. The molecular formula is C13H18N4O3S. The summed E-state index contributed by atoms with van der Waals surface area (Å²) in [5, 5.41) is 16.8. The molecule has 2 heterocycles. The third kappa shape index (κ3) is 4.54. The number of aromatic amines is 1. The molecule has 0 fully saturated rings. The number of nitrogens with zero attached hydrogens (tertiary/aromatic N) is 1. The fraction of sp³-hybridized carbons (Fsp3) is 0.385. The average Bonchev–Trinajstić information content (AvgIpc) is 3.08. The van der Waals surface area contributed by atoms with Crippen LogP contribution in [0, 0.1) is 10.1 Å². The van der Waals surface area contributed by atoms with Crippen molar-refractivity contribution in [1.82, 2.24) is 10.3 Å². The molecule has 2 aromatic heterocycles. The van der Waals surface area contributed by atoms with Gasteiger partial charge in [0.2, 0.25) is 0 Å². The van der Waals surface area contributed by atoms with E-state index in [1.54, 1.807) is 18.0 Å². The Morgan fingerprint density at radius 2 is 2.19 bits per heavy atom. The van der Waals surface area contributed by atoms with Crippen LogP contribution >= 0.6 is 11.8 Å². The molecule has 0 unspecified atom stereocenters. The van der Waals surface area contributed by atoms with Crippen molar-refractivity contribution in [2.24, 2.45) is 0 Å². The van der Waals surface area contributed by atoms with Gasteiger partial charge in [-0.25, -0.2) is 0 Å². The molecular weight excluding hydrogens is 292 g/mol. The van der Waals surface area contributed by atoms with Gasteiger partial charge in [-0.2, -0.15) is 11.8 Å². The van der Waals surface area contributed by atoms with E-state index in [1.165, 1.54) is 6.07 Å². The van der Waals surface area contributed by atoms with E-state index >= 15 is 0 Å². The molecule has 0 atom stereocenters. The highest BCUT2D eigenvalue weighted by molar-refractivity contribution is 7.98. The van der Waals surface area contributed by atoms with Gasteiger partial charge in [0.05, 0.1) is 17.2 Å². The van der Waals surface area contributed by atoms with Crippen LogP contribution in [0.3, 0.4) is 0 Å². The van der Waals surface area contributed by atoms with E-state index < -0.39 is 4.92 Å². The van der Waals surface area contributed by atoms with E-state index in [1.807, 2.05) is 19.2 Å². The van der Waals surface area contributed by atoms with Crippen molar-refractivity contribution in [2.45, 2.75) is 12.3 Å². The number of thioether (sulfide) groups is 1. The molecule has 3 N–H and O–H groups in total. The second-order valence-corrected chi connectivity index (χ2v) is 5.48. The maximum atomic E-state index is 10.7. The molecule has 0 aliphatic carbocycles. The summed E-state index contributed by atoms with van der Waals surface area (Å²) in [5.41, 5.74) is 0.0720. The lowest BCUT2D eigenvalue weighted by Crippen LogP contribution is -2.06. The van der Waals surface area contributed by atoms with Crippen LogP contribution in [0.25, 0.3) is 0 Å². The van der Waals surface area contributed by atoms with E-state index in [4.69, 9.17) is 4.42 Å². The van der Waals surface area contributed by atoms with Gasteiger partial charge in [0.1, 0.15) is 11.5 Å². The van der Waals surface area contributed by atoms with Crippen LogP contribution in [0.1, 0.15) is 11.5 Å². The van der Waals surface area contributed by atoms with Crippen LogP contribution in [0.5, 0.6) is 0 Å². The number of hydrogen-bond donors (Lipinski definition) is 3. The number of aromatic nitrogens is 1. The lowest BCUT2D eigenvalue weighted by Gasteiger charge is -2.03. The van der Waals surface area contributed by atoms with Crippen LogP contribution in [-0.2, 0) is 12.3 Å². The van der Waals surface area contributed by atoms with Gasteiger partial charge in [-0.3, -0.25) is 10.1 Å². The summed E-state index contributed by atoms with van der Waals surface area (Å²) in [5.74, 6) is 3.94. The van der Waals surface area contributed by atoms with Crippen molar-refractivity contribution in [3.8, 4) is 0 Å². The summed E-state index contributed by atoms with van der Waals surface area (Å²) < 4.78 is 5.63. The molecule has 0 aliphatic rings. The maximum absolute atomic E-state index is 10.7. The summed E-state index contributed by atoms with van der Waals surface area (Å²) in [6.45, 7) is 1.37. The van der Waals surface area contributed by atoms with Gasteiger partial charge in [0, 0.05) is 24.6 Å². The molecule has 0 amide bonds. The predicted octanol–water partition coefficient (Wildman–Crippen LogP) is 2.58. The van der Waals surface area contributed by atoms with Gasteiger partial charge in [0.25, 0.3) is 0 Å². The summed E-state index contributed by atoms with van der Waals surface area (Å²) >= 11 is 1.71. The molecule has 2 rings (SSSR count). The highest BCUT2D eigenvalue weighted by Gasteiger charge is 2.13. The van der Waals surface area contributed by atoms with Crippen molar-refractivity contribution in [3.63, 3.8) is 0 Å². The van der Waals surface area contributed by atoms with Crippen molar-refractivity contribution in [2.75, 3.05) is 24.7 Å². The van der Waals surface area contributed by atoms with Crippen molar-refractivity contribution < 1.29 is 9.34 Å². The lowest BCUT2D eigenvalue weighted by atomic mass is 10.4. The maximum Gasteiger partial charge on any atom is 0.310 e. The van der Waals surface area contributed by atoms with Gasteiger partial charge in [0.15, 0.2) is 5.82 Å². The van der Waals surface area contributed by atoms with Crippen LogP contribution in [-0.4, -0.2) is 29.3 Å². The highest BCUT2D eigenvalue weighted by Crippen LogP contribution is 2.22. The van der Waals surface area contributed by atoms with Crippen molar-refractivity contribution in [3.05, 3.63) is 46.0 Å². The molecule has 114 valence electrons. The number of H-pyrrole nitrogens is 1. The van der Waals surface area contributed by atoms with Gasteiger partial charge in [-0.15, -0.1) is 0 Å².